The lowest BCUT2D eigenvalue weighted by atomic mass is 9.85. The SMILES string of the molecule is CC.CC.CCC(=O)OC.CCCN(CCC(C)C)C(=O)C1CN(C(C)=O)C[C@H]1c1ccc(C)cc1C.Cc1ccc2ccccc2c1. The molecule has 1 fully saturated rings. The summed E-state index contributed by atoms with van der Waals surface area (Å²) < 4.78 is 4.26. The Morgan fingerprint density at radius 2 is 1.42 bits per heavy atom. The van der Waals surface area contributed by atoms with Crippen LogP contribution in [0.15, 0.2) is 60.7 Å². The third-order valence-corrected chi connectivity index (χ3v) is 8.11. The molecule has 6 heteroatoms. The highest BCUT2D eigenvalue weighted by Gasteiger charge is 2.41. The number of benzene rings is 3. The predicted octanol–water partition coefficient (Wildman–Crippen LogP) is 9.92. The van der Waals surface area contributed by atoms with Gasteiger partial charge in [-0.2, -0.15) is 0 Å². The Kier molecular flexibility index (Phi) is 22.6. The molecule has 6 nitrogen and oxygen atoms in total. The molecule has 1 saturated heterocycles. The number of carbonyl (C=O) groups is 3. The predicted molar refractivity (Wildman–Crippen MR) is 204 cm³/mol. The van der Waals surface area contributed by atoms with E-state index in [0.717, 1.165) is 25.9 Å². The minimum absolute atomic E-state index is 0.0595. The van der Waals surface area contributed by atoms with Gasteiger partial charge in [0, 0.05) is 45.4 Å². The van der Waals surface area contributed by atoms with Crippen molar-refractivity contribution in [2.24, 2.45) is 11.8 Å². The van der Waals surface area contributed by atoms with Crippen LogP contribution in [0.5, 0.6) is 0 Å². The van der Waals surface area contributed by atoms with Crippen molar-refractivity contribution in [3.63, 3.8) is 0 Å². The van der Waals surface area contributed by atoms with Crippen LogP contribution in [-0.2, 0) is 19.1 Å². The molecule has 1 aliphatic rings. The molecule has 3 aromatic carbocycles. The van der Waals surface area contributed by atoms with Crippen LogP contribution in [0, 0.1) is 32.6 Å². The van der Waals surface area contributed by atoms with E-state index in [4.69, 9.17) is 0 Å². The van der Waals surface area contributed by atoms with Gasteiger partial charge in [0.05, 0.1) is 13.0 Å². The first-order chi connectivity index (χ1) is 22.9. The molecule has 0 aromatic heterocycles. The quantitative estimate of drug-likeness (QED) is 0.225. The fraction of sp³-hybridized carbons (Fsp3) is 0.548. The lowest BCUT2D eigenvalue weighted by Crippen LogP contribution is -2.40. The van der Waals surface area contributed by atoms with E-state index in [1.54, 1.807) is 13.8 Å². The fourth-order valence-corrected chi connectivity index (χ4v) is 5.57. The third kappa shape index (κ3) is 15.0. The van der Waals surface area contributed by atoms with Gasteiger partial charge in [0.1, 0.15) is 0 Å². The molecule has 3 aromatic rings. The van der Waals surface area contributed by atoms with Gasteiger partial charge in [-0.3, -0.25) is 14.4 Å². The summed E-state index contributed by atoms with van der Waals surface area (Å²) in [5.74, 6) is 0.629. The molecular weight excluding hydrogens is 596 g/mol. The third-order valence-electron chi connectivity index (χ3n) is 8.11. The normalized spacial score (nSPS) is 14.6. The molecule has 1 aliphatic heterocycles. The molecule has 0 N–H and O–H groups in total. The second-order valence-corrected chi connectivity index (χ2v) is 12.3. The number of amides is 2. The number of aryl methyl sites for hydroxylation is 3. The van der Waals surface area contributed by atoms with Crippen molar-refractivity contribution in [2.45, 2.75) is 108 Å². The topological polar surface area (TPSA) is 66.9 Å². The Hall–Kier alpha value is -3.67. The standard InChI is InChI=1S/C23H36N2O2.C11H10.C4H8O2.2C2H6/c1-7-11-24(12-10-16(2)3)23(27)22-15-25(19(6)26)14-21(22)20-9-8-17(4)13-18(20)5;1-9-6-7-10-4-2-3-5-11(10)8-9;1-3-4(5)6-2;2*1-2/h8-9,13,16,21-22H,7,10-12,14-15H2,1-6H3;2-8H,1H3;3H2,1-2H3;2*1-2H3/t21-,22?;;;;/m0..../s1. The molecule has 2 atom stereocenters. The summed E-state index contributed by atoms with van der Waals surface area (Å²) in [6.45, 7) is 27.0. The summed E-state index contributed by atoms with van der Waals surface area (Å²) in [6, 6.07) is 21.4. The first-order valence-electron chi connectivity index (χ1n) is 18.0. The Bertz CT molecular complexity index is 1360. The van der Waals surface area contributed by atoms with Gasteiger partial charge in [0.25, 0.3) is 0 Å². The van der Waals surface area contributed by atoms with Crippen LogP contribution >= 0.6 is 0 Å². The van der Waals surface area contributed by atoms with Gasteiger partial charge in [-0.15, -0.1) is 0 Å². The van der Waals surface area contributed by atoms with Gasteiger partial charge in [0.2, 0.25) is 11.8 Å². The summed E-state index contributed by atoms with van der Waals surface area (Å²) in [5.41, 5.74) is 4.98. The van der Waals surface area contributed by atoms with Crippen molar-refractivity contribution in [3.8, 4) is 0 Å². The highest BCUT2D eigenvalue weighted by atomic mass is 16.5. The summed E-state index contributed by atoms with van der Waals surface area (Å²) >= 11 is 0. The molecule has 1 heterocycles. The first-order valence-corrected chi connectivity index (χ1v) is 18.0. The number of hydrogen-bond donors (Lipinski definition) is 0. The monoisotopic (exact) mass is 663 g/mol. The smallest absolute Gasteiger partial charge is 0.305 e. The first kappa shape index (κ1) is 44.3. The van der Waals surface area contributed by atoms with Crippen molar-refractivity contribution >= 4 is 28.6 Å². The Labute approximate surface area is 293 Å². The molecule has 0 aliphatic carbocycles. The minimum Gasteiger partial charge on any atom is -0.469 e. The zero-order valence-corrected chi connectivity index (χ0v) is 32.5. The van der Waals surface area contributed by atoms with Crippen molar-refractivity contribution in [1.29, 1.82) is 0 Å². The maximum atomic E-state index is 13.5. The van der Waals surface area contributed by atoms with Crippen molar-refractivity contribution < 1.29 is 19.1 Å². The highest BCUT2D eigenvalue weighted by Crippen LogP contribution is 2.36. The molecule has 268 valence electrons. The van der Waals surface area contributed by atoms with Gasteiger partial charge in [0.15, 0.2) is 0 Å². The number of rotatable bonds is 8. The van der Waals surface area contributed by atoms with E-state index in [0.29, 0.717) is 25.4 Å². The number of esters is 1. The Balaban J connectivity index is 0.000000855. The summed E-state index contributed by atoms with van der Waals surface area (Å²) in [6.07, 6.45) is 2.45. The van der Waals surface area contributed by atoms with E-state index in [1.165, 1.54) is 40.1 Å². The maximum absolute atomic E-state index is 13.5. The average molecular weight is 663 g/mol. The lowest BCUT2D eigenvalue weighted by molar-refractivity contribution is -0.140. The number of carbonyl (C=O) groups excluding carboxylic acids is 3. The van der Waals surface area contributed by atoms with Crippen LogP contribution in [0.25, 0.3) is 10.8 Å². The zero-order valence-electron chi connectivity index (χ0n) is 32.5. The van der Waals surface area contributed by atoms with E-state index in [9.17, 15) is 14.4 Å². The van der Waals surface area contributed by atoms with Crippen LogP contribution in [0.2, 0.25) is 0 Å². The van der Waals surface area contributed by atoms with Crippen LogP contribution in [0.1, 0.15) is 110 Å². The average Bonchev–Trinajstić information content (AvgIpc) is 3.54. The fourth-order valence-electron chi connectivity index (χ4n) is 5.57. The molecular formula is C42H66N2O4. The maximum Gasteiger partial charge on any atom is 0.305 e. The number of likely N-dealkylation sites (tertiary alicyclic amines) is 1. The van der Waals surface area contributed by atoms with E-state index in [2.05, 4.69) is 107 Å². The number of hydrogen-bond acceptors (Lipinski definition) is 4. The van der Waals surface area contributed by atoms with Crippen LogP contribution in [-0.4, -0.2) is 60.9 Å². The molecule has 4 rings (SSSR count). The zero-order chi connectivity index (χ0) is 36.8. The van der Waals surface area contributed by atoms with Crippen LogP contribution < -0.4 is 0 Å². The van der Waals surface area contributed by atoms with Crippen molar-refractivity contribution in [1.82, 2.24) is 9.80 Å². The molecule has 1 unspecified atom stereocenters. The van der Waals surface area contributed by atoms with Gasteiger partial charge in [-0.1, -0.05) is 127 Å². The number of methoxy groups -OCH3 is 1. The highest BCUT2D eigenvalue weighted by molar-refractivity contribution is 5.83. The minimum atomic E-state index is -0.157. The number of nitrogens with zero attached hydrogens (tertiary/aromatic N) is 2. The number of ether oxygens (including phenoxy) is 1. The number of fused-ring (bicyclic) bond motifs is 1. The second-order valence-electron chi connectivity index (χ2n) is 12.3. The van der Waals surface area contributed by atoms with Gasteiger partial charge < -0.3 is 14.5 Å². The molecule has 48 heavy (non-hydrogen) atoms. The molecule has 0 radical (unpaired) electrons. The van der Waals surface area contributed by atoms with E-state index < -0.39 is 0 Å². The van der Waals surface area contributed by atoms with Gasteiger partial charge >= 0.3 is 5.97 Å². The molecule has 0 spiro atoms. The molecule has 0 bridgehead atoms. The Morgan fingerprint density at radius 1 is 0.833 bits per heavy atom. The summed E-state index contributed by atoms with van der Waals surface area (Å²) in [4.78, 5) is 39.3. The van der Waals surface area contributed by atoms with Gasteiger partial charge in [-0.05, 0) is 61.4 Å². The van der Waals surface area contributed by atoms with Crippen molar-refractivity contribution in [3.05, 3.63) is 82.9 Å². The van der Waals surface area contributed by atoms with E-state index in [-0.39, 0.29) is 29.6 Å². The molecule has 0 saturated carbocycles. The van der Waals surface area contributed by atoms with E-state index in [1.807, 2.05) is 37.5 Å². The Morgan fingerprint density at radius 3 is 1.92 bits per heavy atom. The largest absolute Gasteiger partial charge is 0.469 e. The summed E-state index contributed by atoms with van der Waals surface area (Å²) in [7, 11) is 1.38. The summed E-state index contributed by atoms with van der Waals surface area (Å²) in [5, 5.41) is 2.64. The van der Waals surface area contributed by atoms with Crippen LogP contribution in [0.3, 0.4) is 0 Å². The van der Waals surface area contributed by atoms with Crippen LogP contribution in [0.4, 0.5) is 0 Å². The van der Waals surface area contributed by atoms with Gasteiger partial charge in [-0.25, -0.2) is 0 Å². The lowest BCUT2D eigenvalue weighted by Gasteiger charge is -2.29. The van der Waals surface area contributed by atoms with Crippen molar-refractivity contribution in [2.75, 3.05) is 33.3 Å². The second kappa shape index (κ2) is 24.5. The van der Waals surface area contributed by atoms with E-state index >= 15 is 0 Å². The molecule has 2 amide bonds.